The van der Waals surface area contributed by atoms with Gasteiger partial charge in [0.25, 0.3) is 0 Å². The van der Waals surface area contributed by atoms with Crippen LogP contribution in [0.4, 0.5) is 0 Å². The predicted octanol–water partition coefficient (Wildman–Crippen LogP) is 2.65. The third kappa shape index (κ3) is 1.39. The molecule has 2 rings (SSSR count). The van der Waals surface area contributed by atoms with E-state index < -0.39 is 0 Å². The molecule has 0 atom stereocenters. The molecule has 0 saturated heterocycles. The summed E-state index contributed by atoms with van der Waals surface area (Å²) in [5, 5.41) is 0. The summed E-state index contributed by atoms with van der Waals surface area (Å²) in [7, 11) is 0. The quantitative estimate of drug-likeness (QED) is 0.789. The average Bonchev–Trinajstić information content (AvgIpc) is 2.61. The Kier molecular flexibility index (Phi) is 2.02. The minimum absolute atomic E-state index is 0.0979. The van der Waals surface area contributed by atoms with Gasteiger partial charge in [-0.1, -0.05) is 20.8 Å². The van der Waals surface area contributed by atoms with Crippen molar-refractivity contribution in [3.63, 3.8) is 0 Å². The van der Waals surface area contributed by atoms with Crippen LogP contribution in [-0.2, 0) is 5.41 Å². The fourth-order valence-corrected chi connectivity index (χ4v) is 1.33. The van der Waals surface area contributed by atoms with E-state index in [1.165, 1.54) is 0 Å². The van der Waals surface area contributed by atoms with E-state index in [0.717, 1.165) is 23.4 Å². The van der Waals surface area contributed by atoms with Gasteiger partial charge in [-0.3, -0.25) is 0 Å². The number of hydrogen-bond donors (Lipinski definition) is 1. The van der Waals surface area contributed by atoms with Gasteiger partial charge < -0.3 is 4.98 Å². The molecule has 0 bridgehead atoms. The zero-order valence-corrected chi connectivity index (χ0v) is 8.83. The number of imidazole rings is 1. The maximum absolute atomic E-state index is 4.49. The van der Waals surface area contributed by atoms with E-state index in [0.29, 0.717) is 0 Å². The number of nitrogens with zero attached hydrogens (tertiary/aromatic N) is 2. The van der Waals surface area contributed by atoms with Crippen LogP contribution in [0.15, 0.2) is 18.3 Å². The normalized spacial score (nSPS) is 12.2. The highest BCUT2D eigenvalue weighted by Gasteiger charge is 2.22. The van der Waals surface area contributed by atoms with Gasteiger partial charge in [0.1, 0.15) is 5.82 Å². The molecule has 0 aliphatic carbocycles. The van der Waals surface area contributed by atoms with Crippen molar-refractivity contribution in [2.75, 3.05) is 0 Å². The van der Waals surface area contributed by atoms with Crippen molar-refractivity contribution in [3.8, 4) is 0 Å². The summed E-state index contributed by atoms with van der Waals surface area (Å²) < 4.78 is 0. The van der Waals surface area contributed by atoms with Crippen LogP contribution in [0.25, 0.3) is 11.2 Å². The number of rotatable bonds is 2. The van der Waals surface area contributed by atoms with Gasteiger partial charge in [0.05, 0.1) is 5.52 Å². The van der Waals surface area contributed by atoms with Gasteiger partial charge in [-0.05, 0) is 18.6 Å². The molecule has 1 N–H and O–H groups in total. The Labute approximate surface area is 83.6 Å². The van der Waals surface area contributed by atoms with E-state index in [1.807, 2.05) is 12.1 Å². The second-order valence-corrected chi connectivity index (χ2v) is 4.20. The molecule has 14 heavy (non-hydrogen) atoms. The van der Waals surface area contributed by atoms with Crippen LogP contribution >= 0.6 is 0 Å². The summed E-state index contributed by atoms with van der Waals surface area (Å²) in [5.41, 5.74) is 1.92. The molecule has 3 nitrogen and oxygen atoms in total. The number of pyridine rings is 1. The topological polar surface area (TPSA) is 41.6 Å². The molecule has 0 aromatic carbocycles. The Bertz CT molecular complexity index is 409. The monoisotopic (exact) mass is 189 g/mol. The van der Waals surface area contributed by atoms with E-state index in [4.69, 9.17) is 0 Å². The molecule has 0 unspecified atom stereocenters. The van der Waals surface area contributed by atoms with Crippen molar-refractivity contribution in [2.45, 2.75) is 32.6 Å². The Hall–Kier alpha value is -1.38. The molecule has 74 valence electrons. The largest absolute Gasteiger partial charge is 0.340 e. The molecule has 2 aromatic heterocycles. The number of aromatic amines is 1. The molecular formula is C11H15N3. The van der Waals surface area contributed by atoms with Crippen LogP contribution in [0.2, 0.25) is 0 Å². The maximum atomic E-state index is 4.49. The molecule has 2 aromatic rings. The lowest BCUT2D eigenvalue weighted by Gasteiger charge is -2.18. The fraction of sp³-hybridized carbons (Fsp3) is 0.455. The summed E-state index contributed by atoms with van der Waals surface area (Å²) in [6.45, 7) is 6.54. The Morgan fingerprint density at radius 1 is 1.43 bits per heavy atom. The molecule has 0 aliphatic heterocycles. The molecule has 0 aliphatic rings. The molecule has 3 heteroatoms. The van der Waals surface area contributed by atoms with Crippen LogP contribution in [-0.4, -0.2) is 15.0 Å². The molecule has 2 heterocycles. The molecular weight excluding hydrogens is 174 g/mol. The number of aromatic nitrogens is 3. The van der Waals surface area contributed by atoms with Gasteiger partial charge in [0.15, 0.2) is 5.65 Å². The third-order valence-corrected chi connectivity index (χ3v) is 2.78. The summed E-state index contributed by atoms with van der Waals surface area (Å²) in [4.78, 5) is 12.0. The molecule has 0 saturated carbocycles. The minimum Gasteiger partial charge on any atom is -0.340 e. The lowest BCUT2D eigenvalue weighted by atomic mass is 9.90. The first kappa shape index (κ1) is 9.19. The van der Waals surface area contributed by atoms with Crippen LogP contribution in [0.3, 0.4) is 0 Å². The number of nitrogens with one attached hydrogen (secondary N) is 1. The van der Waals surface area contributed by atoms with Crippen LogP contribution < -0.4 is 0 Å². The van der Waals surface area contributed by atoms with Crippen molar-refractivity contribution in [2.24, 2.45) is 0 Å². The lowest BCUT2D eigenvalue weighted by molar-refractivity contribution is 0.479. The zero-order chi connectivity index (χ0) is 10.2. The molecule has 0 fully saturated rings. The van der Waals surface area contributed by atoms with Crippen LogP contribution in [0, 0.1) is 0 Å². The fourth-order valence-electron chi connectivity index (χ4n) is 1.33. The predicted molar refractivity (Wildman–Crippen MR) is 57.2 cm³/mol. The first-order valence-corrected chi connectivity index (χ1v) is 4.95. The average molecular weight is 189 g/mol. The highest BCUT2D eigenvalue weighted by atomic mass is 15.0. The van der Waals surface area contributed by atoms with Gasteiger partial charge in [-0.2, -0.15) is 0 Å². The van der Waals surface area contributed by atoms with E-state index in [-0.39, 0.29) is 5.41 Å². The number of fused-ring (bicyclic) bond motifs is 1. The summed E-state index contributed by atoms with van der Waals surface area (Å²) >= 11 is 0. The first-order chi connectivity index (χ1) is 6.63. The zero-order valence-electron chi connectivity index (χ0n) is 8.83. The molecule has 0 spiro atoms. The summed E-state index contributed by atoms with van der Waals surface area (Å²) in [6, 6.07) is 3.92. The maximum Gasteiger partial charge on any atom is 0.177 e. The number of H-pyrrole nitrogens is 1. The van der Waals surface area contributed by atoms with Crippen LogP contribution in [0.5, 0.6) is 0 Å². The smallest absolute Gasteiger partial charge is 0.177 e. The van der Waals surface area contributed by atoms with Crippen molar-refractivity contribution in [1.82, 2.24) is 15.0 Å². The van der Waals surface area contributed by atoms with Crippen molar-refractivity contribution in [1.29, 1.82) is 0 Å². The lowest BCUT2D eigenvalue weighted by Crippen LogP contribution is -2.17. The van der Waals surface area contributed by atoms with Crippen molar-refractivity contribution < 1.29 is 0 Å². The first-order valence-electron chi connectivity index (χ1n) is 4.95. The summed E-state index contributed by atoms with van der Waals surface area (Å²) in [6.07, 6.45) is 2.83. The van der Waals surface area contributed by atoms with Gasteiger partial charge in [-0.15, -0.1) is 0 Å². The van der Waals surface area contributed by atoms with E-state index >= 15 is 0 Å². The summed E-state index contributed by atoms with van der Waals surface area (Å²) in [5.74, 6) is 1.02. The minimum atomic E-state index is 0.0979. The van der Waals surface area contributed by atoms with E-state index in [9.17, 15) is 0 Å². The van der Waals surface area contributed by atoms with E-state index in [2.05, 4.69) is 35.7 Å². The van der Waals surface area contributed by atoms with Crippen molar-refractivity contribution >= 4 is 11.2 Å². The van der Waals surface area contributed by atoms with Crippen LogP contribution in [0.1, 0.15) is 33.0 Å². The number of hydrogen-bond acceptors (Lipinski definition) is 2. The Morgan fingerprint density at radius 2 is 2.21 bits per heavy atom. The second kappa shape index (κ2) is 3.08. The highest BCUT2D eigenvalue weighted by Crippen LogP contribution is 2.25. The SMILES string of the molecule is CCC(C)(C)c1nc2ncccc2[nH]1. The van der Waals surface area contributed by atoms with Gasteiger partial charge in [-0.25, -0.2) is 9.97 Å². The van der Waals surface area contributed by atoms with Gasteiger partial charge in [0.2, 0.25) is 0 Å². The van der Waals surface area contributed by atoms with Gasteiger partial charge >= 0.3 is 0 Å². The molecule has 0 amide bonds. The standard InChI is InChI=1S/C11H15N3/c1-4-11(2,3)10-13-8-6-5-7-12-9(8)14-10/h5-7H,4H2,1-3H3,(H,12,13,14). The molecule has 0 radical (unpaired) electrons. The third-order valence-electron chi connectivity index (χ3n) is 2.78. The van der Waals surface area contributed by atoms with Crippen molar-refractivity contribution in [3.05, 3.63) is 24.2 Å². The highest BCUT2D eigenvalue weighted by molar-refractivity contribution is 5.70. The Balaban J connectivity index is 2.55. The van der Waals surface area contributed by atoms with Gasteiger partial charge in [0, 0.05) is 11.6 Å². The second-order valence-electron chi connectivity index (χ2n) is 4.20. The van der Waals surface area contributed by atoms with E-state index in [1.54, 1.807) is 6.20 Å². The Morgan fingerprint density at radius 3 is 2.86 bits per heavy atom.